The van der Waals surface area contributed by atoms with Crippen LogP contribution in [0.3, 0.4) is 0 Å². The number of hydrogen-bond acceptors (Lipinski definition) is 4. The number of nitrogens with zero attached hydrogens (tertiary/aromatic N) is 1. The number of ketones is 1. The number of carbonyl (C=O) groups excluding carboxylic acids is 2. The zero-order valence-corrected chi connectivity index (χ0v) is 21.5. The summed E-state index contributed by atoms with van der Waals surface area (Å²) in [5.74, 6) is -1.64. The van der Waals surface area contributed by atoms with Crippen molar-refractivity contribution in [1.82, 2.24) is 0 Å². The average molecular weight is 519 g/mol. The van der Waals surface area contributed by atoms with Gasteiger partial charge >= 0.3 is 5.97 Å². The second-order valence-corrected chi connectivity index (χ2v) is 10.2. The van der Waals surface area contributed by atoms with Crippen LogP contribution in [0.4, 0.5) is 0 Å². The Morgan fingerprint density at radius 1 is 1.06 bits per heavy atom. The summed E-state index contributed by atoms with van der Waals surface area (Å²) in [6.07, 6.45) is 1.40. The molecule has 0 radical (unpaired) electrons. The first-order chi connectivity index (χ1) is 16.2. The molecule has 0 bridgehead atoms. The van der Waals surface area contributed by atoms with Gasteiger partial charge in [-0.15, -0.1) is 0 Å². The van der Waals surface area contributed by atoms with Crippen LogP contribution in [0.5, 0.6) is 0 Å². The van der Waals surface area contributed by atoms with E-state index in [1.807, 2.05) is 51.1 Å². The maximum Gasteiger partial charge on any atom is 0.315 e. The molecule has 0 saturated heterocycles. The fraction of sp³-hybridized carbons (Fsp3) is 0.370. The van der Waals surface area contributed by atoms with Gasteiger partial charge in [-0.3, -0.25) is 14.6 Å². The number of ether oxygens (including phenoxy) is 1. The lowest BCUT2D eigenvalue weighted by molar-refractivity contribution is -0.151. The zero-order valence-electron chi connectivity index (χ0n) is 19.3. The Labute approximate surface area is 215 Å². The van der Waals surface area contributed by atoms with Crippen molar-refractivity contribution in [2.24, 2.45) is 10.9 Å². The standard InChI is InChI=1S/C27H26Cl3NO3/c1-4-14(2)34-27(33)24-15(3)31-22-12-18(16-5-8-19(28)9-6-16)13-23(32)26(22)25(24)17-7-10-20(29)21(30)11-17/h5-11,14,18,24-25H,4,12-13H2,1-3H3/t14-,18-,24?,25+/m1/s1. The van der Waals surface area contributed by atoms with Gasteiger partial charge in [-0.2, -0.15) is 0 Å². The highest BCUT2D eigenvalue weighted by Gasteiger charge is 2.45. The van der Waals surface area contributed by atoms with E-state index in [1.54, 1.807) is 12.1 Å². The van der Waals surface area contributed by atoms with Gasteiger partial charge in [-0.25, -0.2) is 0 Å². The minimum atomic E-state index is -0.707. The quantitative estimate of drug-likeness (QED) is 0.384. The third kappa shape index (κ3) is 4.95. The predicted molar refractivity (Wildman–Crippen MR) is 137 cm³/mol. The normalized spacial score (nSPS) is 23.3. The van der Waals surface area contributed by atoms with Gasteiger partial charge in [0.25, 0.3) is 0 Å². The van der Waals surface area contributed by atoms with Gasteiger partial charge in [-0.1, -0.05) is 59.9 Å². The Bertz CT molecular complexity index is 1190. The number of benzene rings is 2. The van der Waals surface area contributed by atoms with Crippen LogP contribution in [0.25, 0.3) is 0 Å². The van der Waals surface area contributed by atoms with Crippen LogP contribution in [-0.4, -0.2) is 23.6 Å². The van der Waals surface area contributed by atoms with E-state index in [2.05, 4.69) is 0 Å². The molecule has 2 aliphatic rings. The highest BCUT2D eigenvalue weighted by Crippen LogP contribution is 2.47. The van der Waals surface area contributed by atoms with Gasteiger partial charge in [0, 0.05) is 34.3 Å². The zero-order chi connectivity index (χ0) is 24.6. The van der Waals surface area contributed by atoms with Crippen LogP contribution >= 0.6 is 34.8 Å². The SMILES string of the molecule is CC[C@@H](C)OC(=O)C1C(C)=NC2=C(C(=O)C[C@H](c3ccc(Cl)cc3)C2)[C@H]1c1ccc(Cl)c(Cl)c1. The highest BCUT2D eigenvalue weighted by atomic mass is 35.5. The minimum absolute atomic E-state index is 0.00172. The molecular weight excluding hydrogens is 493 g/mol. The monoisotopic (exact) mass is 517 g/mol. The number of carbonyl (C=O) groups is 2. The third-order valence-corrected chi connectivity index (χ3v) is 7.67. The molecule has 1 aliphatic carbocycles. The van der Waals surface area contributed by atoms with Crippen LogP contribution in [-0.2, 0) is 14.3 Å². The summed E-state index contributed by atoms with van der Waals surface area (Å²) in [5.41, 5.74) is 3.72. The predicted octanol–water partition coefficient (Wildman–Crippen LogP) is 7.56. The largest absolute Gasteiger partial charge is 0.462 e. The highest BCUT2D eigenvalue weighted by molar-refractivity contribution is 6.42. The fourth-order valence-electron chi connectivity index (χ4n) is 4.76. The Hall–Kier alpha value is -2.14. The number of Topliss-reactive ketones (excluding diaryl/α,β-unsaturated/α-hetero) is 1. The fourth-order valence-corrected chi connectivity index (χ4v) is 5.19. The van der Waals surface area contributed by atoms with Crippen molar-refractivity contribution in [3.05, 3.63) is 79.9 Å². The topological polar surface area (TPSA) is 55.7 Å². The van der Waals surface area contributed by atoms with Gasteiger partial charge in [0.05, 0.1) is 16.1 Å². The van der Waals surface area contributed by atoms with Gasteiger partial charge in [0.1, 0.15) is 5.92 Å². The van der Waals surface area contributed by atoms with Gasteiger partial charge in [-0.05, 0) is 68.0 Å². The van der Waals surface area contributed by atoms with E-state index in [9.17, 15) is 9.59 Å². The molecule has 4 rings (SSSR count). The summed E-state index contributed by atoms with van der Waals surface area (Å²) < 4.78 is 5.71. The molecule has 0 saturated carbocycles. The Balaban J connectivity index is 1.79. The molecule has 178 valence electrons. The summed E-state index contributed by atoms with van der Waals surface area (Å²) in [6, 6.07) is 12.8. The number of esters is 1. The van der Waals surface area contributed by atoms with E-state index >= 15 is 0 Å². The Morgan fingerprint density at radius 2 is 1.74 bits per heavy atom. The second-order valence-electron chi connectivity index (χ2n) is 8.98. The minimum Gasteiger partial charge on any atom is -0.462 e. The van der Waals surface area contributed by atoms with Crippen LogP contribution < -0.4 is 0 Å². The number of halogens is 3. The van der Waals surface area contributed by atoms with Gasteiger partial charge < -0.3 is 4.74 Å². The molecule has 0 aromatic heterocycles. The van der Waals surface area contributed by atoms with Crippen molar-refractivity contribution in [1.29, 1.82) is 0 Å². The first kappa shape index (κ1) is 25.0. The number of allylic oxidation sites excluding steroid dienone is 2. The number of aliphatic imine (C=N–C) groups is 1. The van der Waals surface area contributed by atoms with Crippen LogP contribution in [0.15, 0.2) is 58.7 Å². The Morgan fingerprint density at radius 3 is 2.38 bits per heavy atom. The molecule has 1 unspecified atom stereocenters. The van der Waals surface area contributed by atoms with Crippen LogP contribution in [0.2, 0.25) is 15.1 Å². The first-order valence-corrected chi connectivity index (χ1v) is 12.5. The molecule has 4 atom stereocenters. The number of rotatable bonds is 5. The van der Waals surface area contributed by atoms with Crippen molar-refractivity contribution in [2.45, 2.75) is 58.0 Å². The molecule has 7 heteroatoms. The summed E-state index contributed by atoms with van der Waals surface area (Å²) >= 11 is 18.6. The molecule has 0 spiro atoms. The lowest BCUT2D eigenvalue weighted by Crippen LogP contribution is -2.39. The molecule has 0 N–H and O–H groups in total. The molecule has 2 aromatic rings. The molecule has 0 fully saturated rings. The van der Waals surface area contributed by atoms with E-state index in [0.29, 0.717) is 45.6 Å². The van der Waals surface area contributed by atoms with Crippen LogP contribution in [0, 0.1) is 5.92 Å². The van der Waals surface area contributed by atoms with Crippen LogP contribution in [0.1, 0.15) is 63.0 Å². The molecule has 1 heterocycles. The van der Waals surface area contributed by atoms with Crippen molar-refractivity contribution in [2.75, 3.05) is 0 Å². The van der Waals surface area contributed by atoms with E-state index in [1.165, 1.54) is 0 Å². The summed E-state index contributed by atoms with van der Waals surface area (Å²) in [5, 5.41) is 1.44. The van der Waals surface area contributed by atoms with Gasteiger partial charge in [0.15, 0.2) is 5.78 Å². The molecule has 1 aliphatic heterocycles. The summed E-state index contributed by atoms with van der Waals surface area (Å²) in [4.78, 5) is 31.7. The lowest BCUT2D eigenvalue weighted by atomic mass is 9.69. The molecule has 0 amide bonds. The van der Waals surface area contributed by atoms with E-state index in [4.69, 9.17) is 44.5 Å². The Kier molecular flexibility index (Phi) is 7.51. The van der Waals surface area contributed by atoms with Gasteiger partial charge in [0.2, 0.25) is 0 Å². The van der Waals surface area contributed by atoms with Crippen molar-refractivity contribution < 1.29 is 14.3 Å². The maximum absolute atomic E-state index is 13.6. The summed E-state index contributed by atoms with van der Waals surface area (Å²) in [7, 11) is 0. The lowest BCUT2D eigenvalue weighted by Gasteiger charge is -2.37. The molecular formula is C27H26Cl3NO3. The smallest absolute Gasteiger partial charge is 0.315 e. The second kappa shape index (κ2) is 10.2. The molecule has 2 aromatic carbocycles. The summed E-state index contributed by atoms with van der Waals surface area (Å²) in [6.45, 7) is 5.64. The molecule has 34 heavy (non-hydrogen) atoms. The van der Waals surface area contributed by atoms with Crippen molar-refractivity contribution in [3.63, 3.8) is 0 Å². The van der Waals surface area contributed by atoms with Crippen molar-refractivity contribution in [3.8, 4) is 0 Å². The van der Waals surface area contributed by atoms with E-state index in [-0.39, 0.29) is 23.8 Å². The first-order valence-electron chi connectivity index (χ1n) is 11.4. The van der Waals surface area contributed by atoms with Crippen molar-refractivity contribution >= 4 is 52.3 Å². The van der Waals surface area contributed by atoms with E-state index < -0.39 is 11.8 Å². The van der Waals surface area contributed by atoms with E-state index in [0.717, 1.165) is 16.8 Å². The maximum atomic E-state index is 13.6. The number of hydrogen-bond donors (Lipinski definition) is 0. The third-order valence-electron chi connectivity index (χ3n) is 6.68. The molecule has 4 nitrogen and oxygen atoms in total. The average Bonchev–Trinajstić information content (AvgIpc) is 2.80.